The van der Waals surface area contributed by atoms with Gasteiger partial charge in [0.05, 0.1) is 37.3 Å². The fraction of sp³-hybridized carbons (Fsp3) is 0.519. The van der Waals surface area contributed by atoms with E-state index in [0.29, 0.717) is 23.3 Å². The average Bonchev–Trinajstić information content (AvgIpc) is 3.31. The van der Waals surface area contributed by atoms with Crippen LogP contribution in [0.4, 0.5) is 5.82 Å². The molecule has 0 aliphatic carbocycles. The number of anilines is 1. The molecule has 0 fully saturated rings. The fourth-order valence-electron chi connectivity index (χ4n) is 4.07. The Hall–Kier alpha value is -3.06. The normalized spacial score (nSPS) is 14.1. The molecule has 0 saturated carbocycles. The highest BCUT2D eigenvalue weighted by Crippen LogP contribution is 2.43. The number of nitrogen functional groups attached to an aromatic ring is 1. The lowest BCUT2D eigenvalue weighted by atomic mass is 10.1. The summed E-state index contributed by atoms with van der Waals surface area (Å²) < 4.78 is 34.3. The maximum absolute atomic E-state index is 12.1. The van der Waals surface area contributed by atoms with Crippen molar-refractivity contribution in [2.75, 3.05) is 38.8 Å². The van der Waals surface area contributed by atoms with Crippen LogP contribution >= 0.6 is 7.82 Å². The molecular formula is C27H39N4O9P. The van der Waals surface area contributed by atoms with E-state index in [1.54, 1.807) is 18.2 Å². The molecule has 41 heavy (non-hydrogen) atoms. The molecule has 0 spiro atoms. The van der Waals surface area contributed by atoms with Crippen LogP contribution in [0.2, 0.25) is 0 Å². The van der Waals surface area contributed by atoms with E-state index in [9.17, 15) is 24.5 Å². The molecule has 1 aromatic carbocycles. The molecule has 226 valence electrons. The number of allylic oxidation sites excluding steroid dienone is 1. The van der Waals surface area contributed by atoms with E-state index in [4.69, 9.17) is 29.2 Å². The van der Waals surface area contributed by atoms with Crippen LogP contribution in [-0.2, 0) is 36.1 Å². The van der Waals surface area contributed by atoms with E-state index >= 15 is 0 Å². The van der Waals surface area contributed by atoms with Crippen molar-refractivity contribution in [3.63, 3.8) is 0 Å². The number of carbonyl (C=O) groups is 1. The van der Waals surface area contributed by atoms with Crippen molar-refractivity contribution >= 4 is 41.5 Å². The second-order valence-corrected chi connectivity index (χ2v) is 10.7. The number of aromatic nitrogens is 3. The van der Waals surface area contributed by atoms with Crippen molar-refractivity contribution in [2.45, 2.75) is 58.6 Å². The van der Waals surface area contributed by atoms with E-state index in [-0.39, 0.29) is 38.7 Å². The van der Waals surface area contributed by atoms with Crippen molar-refractivity contribution in [2.24, 2.45) is 0 Å². The summed E-state index contributed by atoms with van der Waals surface area (Å²) >= 11 is 0. The standard InChI is InChI=1S/C27H39N4O9P/c1-3-5-7-9-24(34)38-17-19(33)18-40-41(35,36)39-15-14-37-20-10-11-21-22(16-20)29-27(28)25-26(21)31(12-13-32)23(30-25)8-6-4-2/h5,7,10-11,16,19,32-33H,3-4,6,8-9,12-15,17-18H2,1-2H3,(H2,28,29)(H,35,36)/b7-5-/t19-/m1/s1. The summed E-state index contributed by atoms with van der Waals surface area (Å²) in [4.78, 5) is 30.6. The number of phosphoric ester groups is 1. The lowest BCUT2D eigenvalue weighted by Crippen LogP contribution is -2.23. The van der Waals surface area contributed by atoms with Crippen LogP contribution in [0.25, 0.3) is 21.9 Å². The van der Waals surface area contributed by atoms with Crippen molar-refractivity contribution in [1.82, 2.24) is 14.5 Å². The van der Waals surface area contributed by atoms with Crippen molar-refractivity contribution in [3.8, 4) is 5.75 Å². The Balaban J connectivity index is 1.54. The summed E-state index contributed by atoms with van der Waals surface area (Å²) in [5, 5.41) is 20.3. The van der Waals surface area contributed by atoms with Crippen LogP contribution in [0.3, 0.4) is 0 Å². The summed E-state index contributed by atoms with van der Waals surface area (Å²) in [6.45, 7) is 3.07. The van der Waals surface area contributed by atoms with Crippen LogP contribution in [0.15, 0.2) is 30.4 Å². The average molecular weight is 595 g/mol. The molecule has 0 radical (unpaired) electrons. The monoisotopic (exact) mass is 594 g/mol. The van der Waals surface area contributed by atoms with Crippen molar-refractivity contribution < 1.29 is 43.0 Å². The highest BCUT2D eigenvalue weighted by molar-refractivity contribution is 7.47. The number of ether oxygens (including phenoxy) is 2. The Morgan fingerprint density at radius 3 is 2.71 bits per heavy atom. The zero-order chi connectivity index (χ0) is 29.8. The zero-order valence-corrected chi connectivity index (χ0v) is 24.3. The number of pyridine rings is 1. The van der Waals surface area contributed by atoms with Gasteiger partial charge in [-0.1, -0.05) is 32.4 Å². The van der Waals surface area contributed by atoms with Crippen LogP contribution in [0, 0.1) is 0 Å². The number of nitrogens with two attached hydrogens (primary N) is 1. The van der Waals surface area contributed by atoms with Gasteiger partial charge in [0.15, 0.2) is 5.82 Å². The number of aryl methyl sites for hydroxylation is 1. The van der Waals surface area contributed by atoms with Crippen LogP contribution in [0.1, 0.15) is 45.4 Å². The zero-order valence-electron chi connectivity index (χ0n) is 23.4. The lowest BCUT2D eigenvalue weighted by molar-refractivity contribution is -0.146. The molecule has 2 heterocycles. The van der Waals surface area contributed by atoms with Gasteiger partial charge in [-0.05, 0) is 25.0 Å². The first kappa shape index (κ1) is 32.5. The summed E-state index contributed by atoms with van der Waals surface area (Å²) in [5.74, 6) is 1.02. The minimum atomic E-state index is -4.48. The SMILES string of the molecule is CC/C=C\CC(=O)OC[C@@H](O)COP(=O)(O)OCCOc1ccc2c(c1)nc(N)c1nc(CCCC)n(CCO)c12. The van der Waals surface area contributed by atoms with E-state index in [1.165, 1.54) is 0 Å². The molecule has 1 unspecified atom stereocenters. The van der Waals surface area contributed by atoms with Gasteiger partial charge in [0.25, 0.3) is 0 Å². The highest BCUT2D eigenvalue weighted by Gasteiger charge is 2.23. The maximum atomic E-state index is 12.1. The number of imidazole rings is 1. The molecule has 0 saturated heterocycles. The summed E-state index contributed by atoms with van der Waals surface area (Å²) in [6, 6.07) is 5.25. The van der Waals surface area contributed by atoms with Gasteiger partial charge in [-0.3, -0.25) is 13.8 Å². The van der Waals surface area contributed by atoms with Crippen LogP contribution < -0.4 is 10.5 Å². The molecule has 3 rings (SSSR count). The number of esters is 1. The minimum Gasteiger partial charge on any atom is -0.491 e. The number of hydrogen-bond donors (Lipinski definition) is 4. The van der Waals surface area contributed by atoms with Gasteiger partial charge in [0, 0.05) is 24.4 Å². The number of nitrogens with zero attached hydrogens (tertiary/aromatic N) is 3. The second-order valence-electron chi connectivity index (χ2n) is 9.25. The van der Waals surface area contributed by atoms with Crippen LogP contribution in [-0.4, -0.2) is 74.7 Å². The highest BCUT2D eigenvalue weighted by atomic mass is 31.2. The quantitative estimate of drug-likeness (QED) is 0.0729. The lowest BCUT2D eigenvalue weighted by Gasteiger charge is -2.15. The Morgan fingerprint density at radius 1 is 1.17 bits per heavy atom. The molecule has 2 aromatic heterocycles. The van der Waals surface area contributed by atoms with E-state index < -0.39 is 26.5 Å². The molecule has 13 nitrogen and oxygen atoms in total. The fourth-order valence-corrected chi connectivity index (χ4v) is 4.81. The first-order valence-electron chi connectivity index (χ1n) is 13.6. The van der Waals surface area contributed by atoms with Gasteiger partial charge in [-0.15, -0.1) is 0 Å². The molecule has 0 aliphatic heterocycles. The molecule has 14 heteroatoms. The van der Waals surface area contributed by atoms with Crippen LogP contribution in [0.5, 0.6) is 5.75 Å². The molecule has 0 aliphatic rings. The number of hydrogen-bond acceptors (Lipinski definition) is 11. The Bertz CT molecular complexity index is 1380. The van der Waals surface area contributed by atoms with Gasteiger partial charge in [0.1, 0.15) is 36.4 Å². The number of benzene rings is 1. The van der Waals surface area contributed by atoms with E-state index in [0.717, 1.165) is 42.4 Å². The third-order valence-electron chi connectivity index (χ3n) is 5.99. The third kappa shape index (κ3) is 9.49. The van der Waals surface area contributed by atoms with E-state index in [2.05, 4.69) is 11.9 Å². The van der Waals surface area contributed by atoms with E-state index in [1.807, 2.05) is 23.6 Å². The first-order valence-corrected chi connectivity index (χ1v) is 15.1. The van der Waals surface area contributed by atoms with Crippen molar-refractivity contribution in [1.29, 1.82) is 0 Å². The number of phosphoric acid groups is 1. The second kappa shape index (κ2) is 15.8. The number of aliphatic hydroxyl groups is 2. The number of carbonyl (C=O) groups excluding carboxylic acids is 1. The van der Waals surface area contributed by atoms with Crippen molar-refractivity contribution in [3.05, 3.63) is 36.2 Å². The first-order chi connectivity index (χ1) is 19.7. The van der Waals surface area contributed by atoms with Gasteiger partial charge >= 0.3 is 13.8 Å². The summed E-state index contributed by atoms with van der Waals surface area (Å²) in [5.41, 5.74) is 8.19. The number of unbranched alkanes of at least 4 members (excludes halogenated alkanes) is 1. The Kier molecular flexibility index (Phi) is 12.5. The Labute approximate surface area is 238 Å². The van der Waals surface area contributed by atoms with Gasteiger partial charge in [-0.2, -0.15) is 0 Å². The van der Waals surface area contributed by atoms with Gasteiger partial charge in [0.2, 0.25) is 0 Å². The maximum Gasteiger partial charge on any atom is 0.472 e. The number of rotatable bonds is 18. The minimum absolute atomic E-state index is 0.0444. The number of aliphatic hydroxyl groups excluding tert-OH is 2. The molecule has 2 atom stereocenters. The largest absolute Gasteiger partial charge is 0.491 e. The third-order valence-corrected chi connectivity index (χ3v) is 6.98. The predicted molar refractivity (Wildman–Crippen MR) is 153 cm³/mol. The smallest absolute Gasteiger partial charge is 0.472 e. The molecule has 3 aromatic rings. The topological polar surface area (TPSA) is 188 Å². The van der Waals surface area contributed by atoms with Gasteiger partial charge in [-0.25, -0.2) is 14.5 Å². The molecular weight excluding hydrogens is 555 g/mol. The molecule has 0 bridgehead atoms. The summed E-state index contributed by atoms with van der Waals surface area (Å²) in [6.07, 6.45) is 5.76. The Morgan fingerprint density at radius 2 is 1.98 bits per heavy atom. The summed E-state index contributed by atoms with van der Waals surface area (Å²) in [7, 11) is -4.48. The number of fused-ring (bicyclic) bond motifs is 3. The molecule has 0 amide bonds. The molecule has 5 N–H and O–H groups in total. The predicted octanol–water partition coefficient (Wildman–Crippen LogP) is 3.27. The van der Waals surface area contributed by atoms with Gasteiger partial charge < -0.3 is 34.9 Å².